The Morgan fingerprint density at radius 1 is 0.224 bits per heavy atom. The molecular weight excluding hydrogens is 701 g/mol. The standard InChI is InChI=1S/C56H36N2/c1-2-18-43(19-3-1)57-53-26-10-8-22-49(53)51-30-28-40(36-56(51)57)39-29-31-55-52(35-39)50-23-9-11-27-54(50)58(55)44-33-41(47-24-12-16-37-14-4-6-20-45(37)47)32-42(34-44)48-25-13-17-38-15-5-7-21-46(38)48/h1-36H. The van der Waals surface area contributed by atoms with E-state index in [4.69, 9.17) is 0 Å². The van der Waals surface area contributed by atoms with Gasteiger partial charge in [0.1, 0.15) is 0 Å². The van der Waals surface area contributed by atoms with E-state index in [-0.39, 0.29) is 0 Å². The number of nitrogens with zero attached hydrogens (tertiary/aromatic N) is 2. The van der Waals surface area contributed by atoms with E-state index in [1.807, 2.05) is 0 Å². The summed E-state index contributed by atoms with van der Waals surface area (Å²) in [6, 6.07) is 80.1. The van der Waals surface area contributed by atoms with Gasteiger partial charge in [0.2, 0.25) is 0 Å². The first-order valence-corrected chi connectivity index (χ1v) is 20.0. The number of hydrogen-bond donors (Lipinski definition) is 0. The van der Waals surface area contributed by atoms with Crippen molar-refractivity contribution in [1.29, 1.82) is 0 Å². The fourth-order valence-electron chi connectivity index (χ4n) is 9.44. The maximum Gasteiger partial charge on any atom is 0.0547 e. The zero-order valence-corrected chi connectivity index (χ0v) is 31.7. The molecule has 0 radical (unpaired) electrons. The lowest BCUT2D eigenvalue weighted by atomic mass is 9.92. The second-order valence-electron chi connectivity index (χ2n) is 15.3. The molecule has 2 heteroatoms. The van der Waals surface area contributed by atoms with E-state index in [9.17, 15) is 0 Å². The average molecular weight is 737 g/mol. The van der Waals surface area contributed by atoms with Crippen LogP contribution in [0.15, 0.2) is 218 Å². The molecule has 12 aromatic rings. The summed E-state index contributed by atoms with van der Waals surface area (Å²) in [5.41, 5.74) is 14.3. The molecule has 2 nitrogen and oxygen atoms in total. The van der Waals surface area contributed by atoms with Crippen LogP contribution in [-0.4, -0.2) is 9.13 Å². The van der Waals surface area contributed by atoms with E-state index >= 15 is 0 Å². The molecule has 0 saturated heterocycles. The SMILES string of the molecule is c1ccc(-n2c3ccccc3c3ccc(-c4ccc5c(c4)c4ccccc4n5-c4cc(-c5cccc6ccccc56)cc(-c5cccc6ccccc56)c4)cc32)cc1. The van der Waals surface area contributed by atoms with E-state index in [0.717, 1.165) is 11.4 Å². The highest BCUT2D eigenvalue weighted by atomic mass is 15.0. The topological polar surface area (TPSA) is 9.86 Å². The van der Waals surface area contributed by atoms with Crippen molar-refractivity contribution >= 4 is 65.2 Å². The molecule has 0 aliphatic carbocycles. The van der Waals surface area contributed by atoms with Crippen molar-refractivity contribution in [2.45, 2.75) is 0 Å². The van der Waals surface area contributed by atoms with Crippen LogP contribution >= 0.6 is 0 Å². The zero-order chi connectivity index (χ0) is 38.2. The van der Waals surface area contributed by atoms with Crippen LogP contribution in [-0.2, 0) is 0 Å². The third-order valence-corrected chi connectivity index (χ3v) is 12.1. The molecule has 2 aromatic heterocycles. The summed E-state index contributed by atoms with van der Waals surface area (Å²) < 4.78 is 4.86. The lowest BCUT2D eigenvalue weighted by Crippen LogP contribution is -1.96. The summed E-state index contributed by atoms with van der Waals surface area (Å²) >= 11 is 0. The molecule has 58 heavy (non-hydrogen) atoms. The van der Waals surface area contributed by atoms with Crippen LogP contribution in [0.3, 0.4) is 0 Å². The number of fused-ring (bicyclic) bond motifs is 8. The van der Waals surface area contributed by atoms with Crippen molar-refractivity contribution in [3.05, 3.63) is 218 Å². The highest BCUT2D eigenvalue weighted by Crippen LogP contribution is 2.41. The molecule has 0 aliphatic rings. The Morgan fingerprint density at radius 2 is 0.690 bits per heavy atom. The molecule has 0 aliphatic heterocycles. The Hall–Kier alpha value is -7.68. The number of hydrogen-bond acceptors (Lipinski definition) is 0. The van der Waals surface area contributed by atoms with Gasteiger partial charge in [-0.05, 0) is 116 Å². The average Bonchev–Trinajstić information content (AvgIpc) is 3.81. The molecule has 2 heterocycles. The third kappa shape index (κ3) is 5.05. The summed E-state index contributed by atoms with van der Waals surface area (Å²) in [7, 11) is 0. The van der Waals surface area contributed by atoms with Crippen molar-refractivity contribution in [1.82, 2.24) is 9.13 Å². The second kappa shape index (κ2) is 12.9. The summed E-state index contributed by atoms with van der Waals surface area (Å²) in [6.07, 6.45) is 0. The first kappa shape index (κ1) is 32.6. The molecule has 0 bridgehead atoms. The largest absolute Gasteiger partial charge is 0.309 e. The molecule has 0 spiro atoms. The Kier molecular flexibility index (Phi) is 7.26. The summed E-state index contributed by atoms with van der Waals surface area (Å²) in [6.45, 7) is 0. The van der Waals surface area contributed by atoms with Gasteiger partial charge in [0.15, 0.2) is 0 Å². The Balaban J connectivity index is 1.09. The van der Waals surface area contributed by atoms with Crippen molar-refractivity contribution in [2.24, 2.45) is 0 Å². The van der Waals surface area contributed by atoms with Gasteiger partial charge in [-0.15, -0.1) is 0 Å². The smallest absolute Gasteiger partial charge is 0.0547 e. The van der Waals surface area contributed by atoms with Gasteiger partial charge in [-0.1, -0.05) is 158 Å². The first-order chi connectivity index (χ1) is 28.8. The van der Waals surface area contributed by atoms with Gasteiger partial charge in [-0.3, -0.25) is 0 Å². The van der Waals surface area contributed by atoms with Crippen molar-refractivity contribution in [3.8, 4) is 44.8 Å². The molecule has 10 aromatic carbocycles. The van der Waals surface area contributed by atoms with Crippen LogP contribution < -0.4 is 0 Å². The molecular formula is C56H36N2. The third-order valence-electron chi connectivity index (χ3n) is 12.1. The van der Waals surface area contributed by atoms with Crippen LogP contribution in [0.4, 0.5) is 0 Å². The van der Waals surface area contributed by atoms with E-state index in [1.54, 1.807) is 0 Å². The van der Waals surface area contributed by atoms with Gasteiger partial charge in [0.25, 0.3) is 0 Å². The lowest BCUT2D eigenvalue weighted by Gasteiger charge is -2.16. The van der Waals surface area contributed by atoms with Crippen LogP contribution in [0.5, 0.6) is 0 Å². The van der Waals surface area contributed by atoms with E-state index in [0.29, 0.717) is 0 Å². The van der Waals surface area contributed by atoms with Crippen molar-refractivity contribution in [2.75, 3.05) is 0 Å². The summed E-state index contributed by atoms with van der Waals surface area (Å²) in [5.74, 6) is 0. The predicted octanol–water partition coefficient (Wildman–Crippen LogP) is 15.2. The highest BCUT2D eigenvalue weighted by molar-refractivity contribution is 6.13. The zero-order valence-electron chi connectivity index (χ0n) is 31.7. The second-order valence-corrected chi connectivity index (χ2v) is 15.3. The minimum absolute atomic E-state index is 1.14. The molecule has 0 atom stereocenters. The van der Waals surface area contributed by atoms with Gasteiger partial charge in [0.05, 0.1) is 22.1 Å². The van der Waals surface area contributed by atoms with Crippen LogP contribution in [0.2, 0.25) is 0 Å². The van der Waals surface area contributed by atoms with Gasteiger partial charge in [-0.25, -0.2) is 0 Å². The maximum atomic E-state index is 2.47. The van der Waals surface area contributed by atoms with E-state index < -0.39 is 0 Å². The van der Waals surface area contributed by atoms with Gasteiger partial charge >= 0.3 is 0 Å². The van der Waals surface area contributed by atoms with E-state index in [2.05, 4.69) is 228 Å². The van der Waals surface area contributed by atoms with E-state index in [1.165, 1.54) is 98.5 Å². The lowest BCUT2D eigenvalue weighted by molar-refractivity contribution is 1.18. The maximum absolute atomic E-state index is 2.47. The summed E-state index contributed by atoms with van der Waals surface area (Å²) in [5, 5.41) is 9.98. The van der Waals surface area contributed by atoms with Crippen LogP contribution in [0.1, 0.15) is 0 Å². The molecule has 12 rings (SSSR count). The molecule has 0 fully saturated rings. The van der Waals surface area contributed by atoms with Crippen molar-refractivity contribution in [3.63, 3.8) is 0 Å². The van der Waals surface area contributed by atoms with Crippen molar-refractivity contribution < 1.29 is 0 Å². The Bertz CT molecular complexity index is 3460. The minimum Gasteiger partial charge on any atom is -0.309 e. The van der Waals surface area contributed by atoms with Crippen LogP contribution in [0.25, 0.3) is 110 Å². The number of rotatable bonds is 5. The fourth-order valence-corrected chi connectivity index (χ4v) is 9.44. The Labute approximate surface area is 336 Å². The van der Waals surface area contributed by atoms with Gasteiger partial charge in [-0.2, -0.15) is 0 Å². The normalized spacial score (nSPS) is 11.8. The highest BCUT2D eigenvalue weighted by Gasteiger charge is 2.18. The first-order valence-electron chi connectivity index (χ1n) is 20.0. The molecule has 270 valence electrons. The van der Waals surface area contributed by atoms with Gasteiger partial charge < -0.3 is 9.13 Å². The quantitative estimate of drug-likeness (QED) is 0.167. The molecule has 0 saturated carbocycles. The molecule has 0 unspecified atom stereocenters. The monoisotopic (exact) mass is 736 g/mol. The predicted molar refractivity (Wildman–Crippen MR) is 246 cm³/mol. The molecule has 0 amide bonds. The van der Waals surface area contributed by atoms with Crippen LogP contribution in [0, 0.1) is 0 Å². The molecule has 0 N–H and O–H groups in total. The Morgan fingerprint density at radius 3 is 1.34 bits per heavy atom. The summed E-state index contributed by atoms with van der Waals surface area (Å²) in [4.78, 5) is 0. The fraction of sp³-hybridized carbons (Fsp3) is 0. The number of benzene rings is 10. The number of aromatic nitrogens is 2. The number of para-hydroxylation sites is 3. The minimum atomic E-state index is 1.14. The van der Waals surface area contributed by atoms with Gasteiger partial charge in [0, 0.05) is 32.9 Å².